The quantitative estimate of drug-likeness (QED) is 0.377. The molecule has 0 bridgehead atoms. The Morgan fingerprint density at radius 1 is 0.806 bits per heavy atom. The molecular formula is C30H44N2O4. The van der Waals surface area contributed by atoms with Gasteiger partial charge in [-0.2, -0.15) is 0 Å². The second-order valence-electron chi connectivity index (χ2n) is 10.5. The molecule has 4 rings (SSSR count). The van der Waals surface area contributed by atoms with E-state index >= 15 is 0 Å². The first-order valence-electron chi connectivity index (χ1n) is 13.8. The largest absolute Gasteiger partial charge is 0.493 e. The van der Waals surface area contributed by atoms with E-state index in [9.17, 15) is 10.2 Å². The average molecular weight is 497 g/mol. The standard InChI is InChI=1S/C30H44N2O4/c1-22-27(7-3-9-29(22)35-19-5-16-31-24-11-13-25(33)14-12-24)28-8-4-10-30(23(28)2)36-20-6-17-32-18-15-26(34)21-32/h3-4,7-10,24-26,31,33-34H,5-6,11-21H2,1-2H3. The Kier molecular flexibility index (Phi) is 10.0. The van der Waals surface area contributed by atoms with E-state index in [2.05, 4.69) is 54.4 Å². The van der Waals surface area contributed by atoms with Crippen LogP contribution in [0.25, 0.3) is 11.1 Å². The number of likely N-dealkylation sites (tertiary alicyclic amines) is 1. The first kappa shape index (κ1) is 26.9. The predicted octanol–water partition coefficient (Wildman–Crippen LogP) is 4.47. The predicted molar refractivity (Wildman–Crippen MR) is 145 cm³/mol. The fraction of sp³-hybridized carbons (Fsp3) is 0.600. The summed E-state index contributed by atoms with van der Waals surface area (Å²) in [6.07, 6.45) is 6.48. The maximum Gasteiger partial charge on any atom is 0.122 e. The molecule has 0 aromatic heterocycles. The van der Waals surface area contributed by atoms with Crippen molar-refractivity contribution in [2.75, 3.05) is 39.4 Å². The van der Waals surface area contributed by atoms with Gasteiger partial charge in [0, 0.05) is 25.7 Å². The number of aliphatic hydroxyl groups is 2. The molecule has 1 atom stereocenters. The van der Waals surface area contributed by atoms with E-state index in [0.29, 0.717) is 19.3 Å². The van der Waals surface area contributed by atoms with Crippen molar-refractivity contribution in [1.29, 1.82) is 0 Å². The van der Waals surface area contributed by atoms with Crippen molar-refractivity contribution >= 4 is 0 Å². The molecule has 0 amide bonds. The zero-order valence-corrected chi connectivity index (χ0v) is 22.0. The van der Waals surface area contributed by atoms with Gasteiger partial charge in [-0.05, 0) is 99.7 Å². The van der Waals surface area contributed by atoms with E-state index in [-0.39, 0.29) is 12.2 Å². The Balaban J connectivity index is 1.27. The third-order valence-electron chi connectivity index (χ3n) is 7.69. The number of aliphatic hydroxyl groups excluding tert-OH is 2. The third-order valence-corrected chi connectivity index (χ3v) is 7.69. The molecule has 3 N–H and O–H groups in total. The minimum atomic E-state index is -0.165. The third kappa shape index (κ3) is 7.45. The van der Waals surface area contributed by atoms with Crippen LogP contribution in [0.3, 0.4) is 0 Å². The summed E-state index contributed by atoms with van der Waals surface area (Å²) in [5, 5.41) is 23.0. The number of benzene rings is 2. The van der Waals surface area contributed by atoms with Gasteiger partial charge in [-0.1, -0.05) is 24.3 Å². The minimum Gasteiger partial charge on any atom is -0.493 e. The van der Waals surface area contributed by atoms with Crippen molar-refractivity contribution in [1.82, 2.24) is 10.2 Å². The topological polar surface area (TPSA) is 74.2 Å². The highest BCUT2D eigenvalue weighted by molar-refractivity contribution is 5.74. The van der Waals surface area contributed by atoms with E-state index in [1.807, 2.05) is 6.07 Å². The number of rotatable bonds is 12. The van der Waals surface area contributed by atoms with E-state index in [0.717, 1.165) is 93.8 Å². The molecule has 1 heterocycles. The number of hydrogen-bond acceptors (Lipinski definition) is 6. The lowest BCUT2D eigenvalue weighted by Crippen LogP contribution is -2.35. The van der Waals surface area contributed by atoms with Crippen LogP contribution < -0.4 is 14.8 Å². The van der Waals surface area contributed by atoms with Crippen LogP contribution in [-0.2, 0) is 0 Å². The highest BCUT2D eigenvalue weighted by Crippen LogP contribution is 2.35. The molecule has 0 spiro atoms. The fourth-order valence-electron chi connectivity index (χ4n) is 5.45. The molecule has 1 saturated carbocycles. The van der Waals surface area contributed by atoms with Gasteiger partial charge in [0.1, 0.15) is 11.5 Å². The van der Waals surface area contributed by atoms with Crippen molar-refractivity contribution < 1.29 is 19.7 Å². The van der Waals surface area contributed by atoms with E-state index in [4.69, 9.17) is 9.47 Å². The molecule has 198 valence electrons. The van der Waals surface area contributed by atoms with Gasteiger partial charge in [0.05, 0.1) is 25.4 Å². The Hall–Kier alpha value is -2.12. The molecule has 2 aromatic rings. The van der Waals surface area contributed by atoms with Crippen molar-refractivity contribution in [3.05, 3.63) is 47.5 Å². The maximum atomic E-state index is 9.69. The molecule has 1 unspecified atom stereocenters. The smallest absolute Gasteiger partial charge is 0.122 e. The summed E-state index contributed by atoms with van der Waals surface area (Å²) >= 11 is 0. The van der Waals surface area contributed by atoms with Crippen LogP contribution >= 0.6 is 0 Å². The van der Waals surface area contributed by atoms with Crippen molar-refractivity contribution in [2.45, 2.75) is 77.0 Å². The Morgan fingerprint density at radius 3 is 2.00 bits per heavy atom. The number of nitrogens with one attached hydrogen (secondary N) is 1. The molecule has 6 nitrogen and oxygen atoms in total. The average Bonchev–Trinajstić information content (AvgIpc) is 3.30. The van der Waals surface area contributed by atoms with Crippen LogP contribution in [-0.4, -0.2) is 72.8 Å². The zero-order chi connectivity index (χ0) is 25.3. The van der Waals surface area contributed by atoms with E-state index in [1.165, 1.54) is 11.1 Å². The summed E-state index contributed by atoms with van der Waals surface area (Å²) in [5.41, 5.74) is 4.66. The number of ether oxygens (including phenoxy) is 2. The molecule has 2 fully saturated rings. The Bertz CT molecular complexity index is 958. The normalized spacial score (nSPS) is 22.6. The molecule has 1 saturated heterocycles. The SMILES string of the molecule is Cc1c(OCCCNC2CCC(O)CC2)cccc1-c1cccc(OCCCN2CCC(O)C2)c1C. The van der Waals surface area contributed by atoms with Crippen LogP contribution in [0.2, 0.25) is 0 Å². The van der Waals surface area contributed by atoms with Crippen molar-refractivity contribution in [3.8, 4) is 22.6 Å². The summed E-state index contributed by atoms with van der Waals surface area (Å²) in [4.78, 5) is 2.31. The Labute approximate surface area is 216 Å². The highest BCUT2D eigenvalue weighted by Gasteiger charge is 2.20. The molecule has 36 heavy (non-hydrogen) atoms. The summed E-state index contributed by atoms with van der Waals surface area (Å²) in [6, 6.07) is 13.1. The van der Waals surface area contributed by atoms with Crippen LogP contribution in [0.1, 0.15) is 56.1 Å². The van der Waals surface area contributed by atoms with Crippen LogP contribution in [0.5, 0.6) is 11.5 Å². The number of nitrogens with zero attached hydrogens (tertiary/aromatic N) is 1. The second-order valence-corrected chi connectivity index (χ2v) is 10.5. The zero-order valence-electron chi connectivity index (χ0n) is 22.0. The summed E-state index contributed by atoms with van der Waals surface area (Å²) in [6.45, 7) is 9.29. The van der Waals surface area contributed by atoms with Crippen LogP contribution in [0, 0.1) is 13.8 Å². The molecule has 1 aliphatic heterocycles. The van der Waals surface area contributed by atoms with Gasteiger partial charge >= 0.3 is 0 Å². The van der Waals surface area contributed by atoms with Gasteiger partial charge < -0.3 is 29.9 Å². The number of hydrogen-bond donors (Lipinski definition) is 3. The molecule has 2 aromatic carbocycles. The maximum absolute atomic E-state index is 9.69. The van der Waals surface area contributed by atoms with E-state index in [1.54, 1.807) is 0 Å². The second kappa shape index (κ2) is 13.4. The van der Waals surface area contributed by atoms with Crippen molar-refractivity contribution in [3.63, 3.8) is 0 Å². The molecule has 0 radical (unpaired) electrons. The van der Waals surface area contributed by atoms with Crippen LogP contribution in [0.15, 0.2) is 36.4 Å². The summed E-state index contributed by atoms with van der Waals surface area (Å²) in [5.74, 6) is 1.87. The lowest BCUT2D eigenvalue weighted by atomic mass is 9.93. The van der Waals surface area contributed by atoms with Gasteiger partial charge in [-0.15, -0.1) is 0 Å². The van der Waals surface area contributed by atoms with Crippen LogP contribution in [0.4, 0.5) is 0 Å². The molecule has 1 aliphatic carbocycles. The van der Waals surface area contributed by atoms with Gasteiger partial charge in [0.25, 0.3) is 0 Å². The van der Waals surface area contributed by atoms with Crippen molar-refractivity contribution in [2.24, 2.45) is 0 Å². The van der Waals surface area contributed by atoms with Gasteiger partial charge in [0.15, 0.2) is 0 Å². The summed E-state index contributed by atoms with van der Waals surface area (Å²) in [7, 11) is 0. The first-order valence-corrected chi connectivity index (χ1v) is 13.8. The lowest BCUT2D eigenvalue weighted by Gasteiger charge is -2.26. The van der Waals surface area contributed by atoms with Gasteiger partial charge in [-0.25, -0.2) is 0 Å². The molecule has 6 heteroatoms. The van der Waals surface area contributed by atoms with Gasteiger partial charge in [-0.3, -0.25) is 0 Å². The fourth-order valence-corrected chi connectivity index (χ4v) is 5.45. The first-order chi connectivity index (χ1) is 17.5. The Morgan fingerprint density at radius 2 is 1.42 bits per heavy atom. The molecule has 2 aliphatic rings. The molecular weight excluding hydrogens is 452 g/mol. The number of β-amino-alcohol motifs (C(OH)–C–C–N with tert-alkyl or cyclic N) is 1. The highest BCUT2D eigenvalue weighted by atomic mass is 16.5. The van der Waals surface area contributed by atoms with Gasteiger partial charge in [0.2, 0.25) is 0 Å². The van der Waals surface area contributed by atoms with E-state index < -0.39 is 0 Å². The summed E-state index contributed by atoms with van der Waals surface area (Å²) < 4.78 is 12.3. The monoisotopic (exact) mass is 496 g/mol. The minimum absolute atomic E-state index is 0.104. The lowest BCUT2D eigenvalue weighted by molar-refractivity contribution is 0.116.